The Kier molecular flexibility index (Phi) is 4.77. The molecule has 0 radical (unpaired) electrons. The van der Waals surface area contributed by atoms with E-state index in [2.05, 4.69) is 5.32 Å². The van der Waals surface area contributed by atoms with E-state index in [1.165, 1.54) is 42.5 Å². The Morgan fingerprint density at radius 1 is 1.27 bits per heavy atom. The molecule has 0 atom stereocenters. The molecule has 0 aromatic heterocycles. The van der Waals surface area contributed by atoms with Crippen LogP contribution >= 0.6 is 11.6 Å². The van der Waals surface area contributed by atoms with Gasteiger partial charge in [-0.25, -0.2) is 4.39 Å². The summed E-state index contributed by atoms with van der Waals surface area (Å²) in [6.07, 6.45) is 1.09. The Bertz CT molecular complexity index is 759. The van der Waals surface area contributed by atoms with Gasteiger partial charge in [0.15, 0.2) is 0 Å². The summed E-state index contributed by atoms with van der Waals surface area (Å²) in [5, 5.41) is 20.8. The first-order chi connectivity index (χ1) is 10.5. The van der Waals surface area contributed by atoms with Gasteiger partial charge in [0.1, 0.15) is 23.2 Å². The average molecular weight is 317 g/mol. The van der Waals surface area contributed by atoms with Crippen LogP contribution in [0.5, 0.6) is 5.75 Å². The van der Waals surface area contributed by atoms with E-state index >= 15 is 0 Å². The van der Waals surface area contributed by atoms with Crippen LogP contribution in [0.15, 0.2) is 48.0 Å². The fourth-order valence-electron chi connectivity index (χ4n) is 1.68. The van der Waals surface area contributed by atoms with Gasteiger partial charge in [-0.1, -0.05) is 17.7 Å². The quantitative estimate of drug-likeness (QED) is 0.515. The van der Waals surface area contributed by atoms with E-state index in [1.54, 1.807) is 6.07 Å². The fourth-order valence-corrected chi connectivity index (χ4v) is 1.90. The van der Waals surface area contributed by atoms with E-state index in [-0.39, 0.29) is 21.9 Å². The summed E-state index contributed by atoms with van der Waals surface area (Å²) in [6, 6.07) is 11.5. The molecule has 4 nitrogen and oxygen atoms in total. The third-order valence-corrected chi connectivity index (χ3v) is 3.11. The summed E-state index contributed by atoms with van der Waals surface area (Å²) in [6.45, 7) is 0. The minimum absolute atomic E-state index is 0.0263. The summed E-state index contributed by atoms with van der Waals surface area (Å²) in [5.41, 5.74) is 0.0743. The molecule has 2 rings (SSSR count). The van der Waals surface area contributed by atoms with Crippen LogP contribution < -0.4 is 5.32 Å². The maximum Gasteiger partial charge on any atom is 0.266 e. The van der Waals surface area contributed by atoms with Gasteiger partial charge in [0.25, 0.3) is 5.91 Å². The van der Waals surface area contributed by atoms with Gasteiger partial charge in [-0.2, -0.15) is 5.26 Å². The molecule has 22 heavy (non-hydrogen) atoms. The molecule has 0 saturated heterocycles. The summed E-state index contributed by atoms with van der Waals surface area (Å²) in [7, 11) is 0. The lowest BCUT2D eigenvalue weighted by Crippen LogP contribution is -2.13. The van der Waals surface area contributed by atoms with E-state index in [1.807, 2.05) is 0 Å². The van der Waals surface area contributed by atoms with Crippen molar-refractivity contribution in [1.82, 2.24) is 0 Å². The molecule has 1 amide bonds. The highest BCUT2D eigenvalue weighted by Gasteiger charge is 2.12. The number of nitrogens with one attached hydrogen (secondary N) is 1. The van der Waals surface area contributed by atoms with E-state index < -0.39 is 11.7 Å². The van der Waals surface area contributed by atoms with Gasteiger partial charge in [0.2, 0.25) is 0 Å². The van der Waals surface area contributed by atoms with Gasteiger partial charge >= 0.3 is 0 Å². The van der Waals surface area contributed by atoms with E-state index in [0.29, 0.717) is 5.69 Å². The zero-order chi connectivity index (χ0) is 16.1. The first kappa shape index (κ1) is 15.5. The van der Waals surface area contributed by atoms with Gasteiger partial charge in [0.05, 0.1) is 5.02 Å². The fraction of sp³-hybridized carbons (Fsp3) is 0. The lowest BCUT2D eigenvalue weighted by molar-refractivity contribution is -0.112. The predicted molar refractivity (Wildman–Crippen MR) is 81.7 cm³/mol. The number of amides is 1. The monoisotopic (exact) mass is 316 g/mol. The number of halogens is 2. The maximum atomic E-state index is 13.7. The lowest BCUT2D eigenvalue weighted by atomic mass is 10.1. The SMILES string of the molecule is N#C/C(=C/c1c(F)cccc1Cl)C(=O)Nc1ccc(O)cc1. The van der Waals surface area contributed by atoms with Crippen molar-refractivity contribution in [3.8, 4) is 11.8 Å². The summed E-state index contributed by atoms with van der Waals surface area (Å²) in [4.78, 5) is 12.0. The Labute approximate surface area is 131 Å². The van der Waals surface area contributed by atoms with Crippen LogP contribution in [0.2, 0.25) is 5.02 Å². The molecule has 2 aromatic carbocycles. The summed E-state index contributed by atoms with van der Waals surface area (Å²) < 4.78 is 13.7. The number of anilines is 1. The maximum absolute atomic E-state index is 13.7. The van der Waals surface area contributed by atoms with E-state index in [4.69, 9.17) is 22.0 Å². The second-order valence-electron chi connectivity index (χ2n) is 4.31. The number of hydrogen-bond donors (Lipinski definition) is 2. The molecule has 0 saturated carbocycles. The number of carbonyl (C=O) groups excluding carboxylic acids is 1. The highest BCUT2D eigenvalue weighted by molar-refractivity contribution is 6.32. The van der Waals surface area contributed by atoms with Gasteiger partial charge < -0.3 is 10.4 Å². The molecule has 6 heteroatoms. The Morgan fingerprint density at radius 2 is 1.95 bits per heavy atom. The molecule has 0 spiro atoms. The third-order valence-electron chi connectivity index (χ3n) is 2.78. The lowest BCUT2D eigenvalue weighted by Gasteiger charge is -2.05. The highest BCUT2D eigenvalue weighted by atomic mass is 35.5. The predicted octanol–water partition coefficient (Wildman–Crippen LogP) is 3.73. The largest absolute Gasteiger partial charge is 0.508 e. The second-order valence-corrected chi connectivity index (χ2v) is 4.71. The van der Waals surface area contributed by atoms with Crippen LogP contribution in [0, 0.1) is 17.1 Å². The van der Waals surface area contributed by atoms with Crippen LogP contribution in [-0.2, 0) is 4.79 Å². The van der Waals surface area contributed by atoms with Crippen molar-refractivity contribution in [1.29, 1.82) is 5.26 Å². The summed E-state index contributed by atoms with van der Waals surface area (Å²) in [5.74, 6) is -1.28. The molecule has 0 fully saturated rings. The zero-order valence-corrected chi connectivity index (χ0v) is 11.9. The number of aromatic hydroxyl groups is 1. The van der Waals surface area contributed by atoms with Crippen LogP contribution in [0.3, 0.4) is 0 Å². The van der Waals surface area contributed by atoms with E-state index in [9.17, 15) is 9.18 Å². The van der Waals surface area contributed by atoms with Crippen LogP contribution in [0.25, 0.3) is 6.08 Å². The molecule has 0 heterocycles. The van der Waals surface area contributed by atoms with Crippen LogP contribution in [0.4, 0.5) is 10.1 Å². The van der Waals surface area contributed by atoms with Crippen molar-refractivity contribution in [3.05, 3.63) is 64.4 Å². The van der Waals surface area contributed by atoms with Crippen molar-refractivity contribution in [2.45, 2.75) is 0 Å². The van der Waals surface area contributed by atoms with Crippen molar-refractivity contribution >= 4 is 29.3 Å². The topological polar surface area (TPSA) is 73.1 Å². The molecule has 0 aliphatic rings. The summed E-state index contributed by atoms with van der Waals surface area (Å²) >= 11 is 5.86. The number of benzene rings is 2. The molecule has 2 aromatic rings. The van der Waals surface area contributed by atoms with Crippen LogP contribution in [0.1, 0.15) is 5.56 Å². The molecule has 2 N–H and O–H groups in total. The molecule has 0 bridgehead atoms. The smallest absolute Gasteiger partial charge is 0.266 e. The number of carbonyl (C=O) groups is 1. The van der Waals surface area contributed by atoms with Crippen LogP contribution in [-0.4, -0.2) is 11.0 Å². The van der Waals surface area contributed by atoms with Gasteiger partial charge in [-0.05, 0) is 42.5 Å². The van der Waals surface area contributed by atoms with Gasteiger partial charge in [0, 0.05) is 11.3 Å². The number of phenols is 1. The zero-order valence-electron chi connectivity index (χ0n) is 11.2. The van der Waals surface area contributed by atoms with Crippen molar-refractivity contribution in [3.63, 3.8) is 0 Å². The van der Waals surface area contributed by atoms with E-state index in [0.717, 1.165) is 6.08 Å². The Hall–Kier alpha value is -2.84. The molecule has 0 aliphatic carbocycles. The Morgan fingerprint density at radius 3 is 2.55 bits per heavy atom. The standard InChI is InChI=1S/C16H10ClFN2O2/c17-14-2-1-3-15(18)13(14)8-10(9-19)16(22)20-11-4-6-12(21)7-5-11/h1-8,21H,(H,20,22)/b10-8-. The minimum Gasteiger partial charge on any atom is -0.508 e. The van der Waals surface area contributed by atoms with Gasteiger partial charge in [-0.15, -0.1) is 0 Å². The molecule has 0 aliphatic heterocycles. The average Bonchev–Trinajstić information content (AvgIpc) is 2.49. The molecule has 110 valence electrons. The molecule has 0 unspecified atom stereocenters. The number of rotatable bonds is 3. The van der Waals surface area contributed by atoms with Gasteiger partial charge in [-0.3, -0.25) is 4.79 Å². The first-order valence-corrected chi connectivity index (χ1v) is 6.55. The number of nitrogens with zero attached hydrogens (tertiary/aromatic N) is 1. The third kappa shape index (κ3) is 3.62. The van der Waals surface area contributed by atoms with Crippen molar-refractivity contribution in [2.75, 3.05) is 5.32 Å². The number of hydrogen-bond acceptors (Lipinski definition) is 3. The Balaban J connectivity index is 2.28. The number of phenolic OH excluding ortho intramolecular Hbond substituents is 1. The normalized spacial score (nSPS) is 10.9. The molecular weight excluding hydrogens is 307 g/mol. The van der Waals surface area contributed by atoms with Crippen molar-refractivity contribution < 1.29 is 14.3 Å². The minimum atomic E-state index is -0.701. The number of nitriles is 1. The highest BCUT2D eigenvalue weighted by Crippen LogP contribution is 2.22. The van der Waals surface area contributed by atoms with Crippen molar-refractivity contribution in [2.24, 2.45) is 0 Å². The second kappa shape index (κ2) is 6.74. The molecular formula is C16H10ClFN2O2. The first-order valence-electron chi connectivity index (χ1n) is 6.17.